The zero-order chi connectivity index (χ0) is 24.1. The predicted octanol–water partition coefficient (Wildman–Crippen LogP) is 2.56. The number of nitrogens with one attached hydrogen (secondary N) is 1. The Labute approximate surface area is 184 Å². The molecule has 2 aliphatic heterocycles. The van der Waals surface area contributed by atoms with Gasteiger partial charge in [-0.1, -0.05) is 13.8 Å². The van der Waals surface area contributed by atoms with E-state index >= 15 is 0 Å². The molecule has 1 aromatic rings. The van der Waals surface area contributed by atoms with Gasteiger partial charge in [0, 0.05) is 38.5 Å². The van der Waals surface area contributed by atoms with Crippen molar-refractivity contribution in [2.24, 2.45) is 5.92 Å². The standard InChI is InChI=1S/C19H29N3O3.C2HF3O2/c1-14(2)18(24)22-10-9-21(11-16-7-6-15(3)25-16)12-19(13-22)8-4-5-17(23)20-19;3-2(4,5)1(6)7/h6-7,14H,4-5,8-13H2,1-3H3,(H,20,23);(H,6,7). The van der Waals surface area contributed by atoms with Gasteiger partial charge < -0.3 is 19.7 Å². The number of nitrogens with zero attached hydrogens (tertiary/aromatic N) is 2. The molecule has 1 aromatic heterocycles. The molecule has 2 N–H and O–H groups in total. The van der Waals surface area contributed by atoms with Crippen molar-refractivity contribution >= 4 is 17.8 Å². The summed E-state index contributed by atoms with van der Waals surface area (Å²) in [7, 11) is 0. The van der Waals surface area contributed by atoms with Crippen LogP contribution in [0.3, 0.4) is 0 Å². The monoisotopic (exact) mass is 461 g/mol. The van der Waals surface area contributed by atoms with Crippen molar-refractivity contribution in [1.82, 2.24) is 15.1 Å². The number of halogens is 3. The van der Waals surface area contributed by atoms with Gasteiger partial charge in [0.05, 0.1) is 12.1 Å². The first-order valence-corrected chi connectivity index (χ1v) is 10.5. The topological polar surface area (TPSA) is 103 Å². The Morgan fingerprint density at radius 2 is 1.91 bits per heavy atom. The molecule has 3 heterocycles. The number of furan rings is 1. The molecule has 0 radical (unpaired) electrons. The van der Waals surface area contributed by atoms with Crippen LogP contribution < -0.4 is 5.32 Å². The molecule has 1 spiro atoms. The van der Waals surface area contributed by atoms with Gasteiger partial charge in [-0.3, -0.25) is 14.5 Å². The summed E-state index contributed by atoms with van der Waals surface area (Å²) in [6.45, 7) is 9.34. The van der Waals surface area contributed by atoms with E-state index < -0.39 is 12.1 Å². The zero-order valence-electron chi connectivity index (χ0n) is 18.5. The molecule has 8 nitrogen and oxygen atoms in total. The fourth-order valence-electron chi connectivity index (χ4n) is 3.99. The maximum absolute atomic E-state index is 12.6. The highest BCUT2D eigenvalue weighted by Crippen LogP contribution is 2.26. The second-order valence-corrected chi connectivity index (χ2v) is 8.62. The summed E-state index contributed by atoms with van der Waals surface area (Å²) in [4.78, 5) is 37.8. The maximum Gasteiger partial charge on any atom is 0.490 e. The molecule has 3 rings (SSSR count). The van der Waals surface area contributed by atoms with E-state index in [9.17, 15) is 22.8 Å². The quantitative estimate of drug-likeness (QED) is 0.717. The molecule has 0 saturated carbocycles. The number of piperidine rings is 1. The highest BCUT2D eigenvalue weighted by Gasteiger charge is 2.41. The minimum Gasteiger partial charge on any atom is -0.475 e. The van der Waals surface area contributed by atoms with Gasteiger partial charge >= 0.3 is 12.1 Å². The number of hydrogen-bond acceptors (Lipinski definition) is 5. The SMILES string of the molecule is Cc1ccc(CN2CCN(C(=O)C(C)C)CC3(CCCC(=O)N3)C2)o1.O=C(O)C(F)(F)F. The second-order valence-electron chi connectivity index (χ2n) is 8.62. The lowest BCUT2D eigenvalue weighted by Crippen LogP contribution is -2.61. The average molecular weight is 461 g/mol. The summed E-state index contributed by atoms with van der Waals surface area (Å²) in [5.74, 6) is -0.697. The second kappa shape index (κ2) is 10.4. The molecular formula is C21H30F3N3O5. The number of aryl methyl sites for hydroxylation is 1. The number of rotatable bonds is 3. The molecule has 2 saturated heterocycles. The zero-order valence-corrected chi connectivity index (χ0v) is 18.5. The molecule has 2 fully saturated rings. The van der Waals surface area contributed by atoms with Gasteiger partial charge in [-0.15, -0.1) is 0 Å². The Hall–Kier alpha value is -2.56. The summed E-state index contributed by atoms with van der Waals surface area (Å²) in [5.41, 5.74) is -0.349. The van der Waals surface area contributed by atoms with Crippen LogP contribution in [0, 0.1) is 12.8 Å². The Morgan fingerprint density at radius 1 is 1.25 bits per heavy atom. The van der Waals surface area contributed by atoms with Crippen LogP contribution >= 0.6 is 0 Å². The van der Waals surface area contributed by atoms with Gasteiger partial charge in [-0.2, -0.15) is 13.2 Å². The first kappa shape index (κ1) is 25.7. The fraction of sp³-hybridized carbons (Fsp3) is 0.667. The van der Waals surface area contributed by atoms with Crippen molar-refractivity contribution < 1.29 is 37.1 Å². The van der Waals surface area contributed by atoms with E-state index in [2.05, 4.69) is 10.2 Å². The van der Waals surface area contributed by atoms with Crippen LogP contribution in [0.5, 0.6) is 0 Å². The Bertz CT molecular complexity index is 824. The van der Waals surface area contributed by atoms with Gasteiger partial charge in [-0.05, 0) is 31.9 Å². The third kappa shape index (κ3) is 7.25. The van der Waals surface area contributed by atoms with Crippen molar-refractivity contribution in [3.8, 4) is 0 Å². The Kier molecular flexibility index (Phi) is 8.33. The predicted molar refractivity (Wildman–Crippen MR) is 109 cm³/mol. The molecule has 1 atom stereocenters. The van der Waals surface area contributed by atoms with Gasteiger partial charge in [0.15, 0.2) is 0 Å². The normalized spacial score (nSPS) is 22.2. The van der Waals surface area contributed by atoms with Crippen LogP contribution in [0.25, 0.3) is 0 Å². The molecular weight excluding hydrogens is 431 g/mol. The summed E-state index contributed by atoms with van der Waals surface area (Å²) < 4.78 is 37.5. The van der Waals surface area contributed by atoms with Crippen LogP contribution in [0.1, 0.15) is 44.6 Å². The molecule has 0 aliphatic carbocycles. The number of carboxylic acid groups (broad SMARTS) is 1. The largest absolute Gasteiger partial charge is 0.490 e. The molecule has 0 bridgehead atoms. The lowest BCUT2D eigenvalue weighted by Gasteiger charge is -2.41. The van der Waals surface area contributed by atoms with Crippen LogP contribution in [0.2, 0.25) is 0 Å². The van der Waals surface area contributed by atoms with Crippen LogP contribution in [0.15, 0.2) is 16.5 Å². The van der Waals surface area contributed by atoms with Gasteiger partial charge in [-0.25, -0.2) is 4.79 Å². The maximum atomic E-state index is 12.6. The number of carbonyl (C=O) groups is 3. The van der Waals surface area contributed by atoms with Gasteiger partial charge in [0.2, 0.25) is 11.8 Å². The Morgan fingerprint density at radius 3 is 2.41 bits per heavy atom. The molecule has 11 heteroatoms. The smallest absolute Gasteiger partial charge is 0.475 e. The molecule has 1 unspecified atom stereocenters. The van der Waals surface area contributed by atoms with E-state index in [0.29, 0.717) is 26.1 Å². The van der Waals surface area contributed by atoms with Crippen molar-refractivity contribution in [2.75, 3.05) is 26.2 Å². The van der Waals surface area contributed by atoms with E-state index in [1.54, 1.807) is 0 Å². The number of alkyl halides is 3. The van der Waals surface area contributed by atoms with E-state index in [0.717, 1.165) is 37.5 Å². The van der Waals surface area contributed by atoms with Crippen LogP contribution in [-0.4, -0.2) is 70.6 Å². The third-order valence-corrected chi connectivity index (χ3v) is 5.39. The van der Waals surface area contributed by atoms with E-state index in [4.69, 9.17) is 14.3 Å². The first-order chi connectivity index (χ1) is 14.8. The number of carbonyl (C=O) groups excluding carboxylic acids is 2. The van der Waals surface area contributed by atoms with E-state index in [1.807, 2.05) is 37.8 Å². The number of amides is 2. The van der Waals surface area contributed by atoms with E-state index in [-0.39, 0.29) is 23.3 Å². The summed E-state index contributed by atoms with van der Waals surface area (Å²) in [5, 5.41) is 10.3. The molecule has 180 valence electrons. The highest BCUT2D eigenvalue weighted by molar-refractivity contribution is 5.80. The highest BCUT2D eigenvalue weighted by atomic mass is 19.4. The molecule has 0 aromatic carbocycles. The average Bonchev–Trinajstić information content (AvgIpc) is 3.00. The summed E-state index contributed by atoms with van der Waals surface area (Å²) in [6.07, 6.45) is -2.71. The van der Waals surface area contributed by atoms with Gasteiger partial charge in [0.25, 0.3) is 0 Å². The van der Waals surface area contributed by atoms with Crippen molar-refractivity contribution in [3.63, 3.8) is 0 Å². The molecule has 2 aliphatic rings. The van der Waals surface area contributed by atoms with Crippen molar-refractivity contribution in [2.45, 2.75) is 58.3 Å². The number of aliphatic carboxylic acids is 1. The molecule has 32 heavy (non-hydrogen) atoms. The summed E-state index contributed by atoms with van der Waals surface area (Å²) >= 11 is 0. The lowest BCUT2D eigenvalue weighted by molar-refractivity contribution is -0.192. The van der Waals surface area contributed by atoms with Crippen molar-refractivity contribution in [1.29, 1.82) is 0 Å². The first-order valence-electron chi connectivity index (χ1n) is 10.5. The Balaban J connectivity index is 0.000000451. The lowest BCUT2D eigenvalue weighted by atomic mass is 9.87. The van der Waals surface area contributed by atoms with Crippen molar-refractivity contribution in [3.05, 3.63) is 23.7 Å². The number of hydrogen-bond donors (Lipinski definition) is 2. The minimum absolute atomic E-state index is 0.0318. The summed E-state index contributed by atoms with van der Waals surface area (Å²) in [6, 6.07) is 3.98. The minimum atomic E-state index is -5.08. The van der Waals surface area contributed by atoms with Crippen LogP contribution in [0.4, 0.5) is 13.2 Å². The fourth-order valence-corrected chi connectivity index (χ4v) is 3.99. The molecule has 2 amide bonds. The van der Waals surface area contributed by atoms with Gasteiger partial charge in [0.1, 0.15) is 11.5 Å². The van der Waals surface area contributed by atoms with Crippen LogP contribution in [-0.2, 0) is 20.9 Å². The number of carboxylic acids is 1. The van der Waals surface area contributed by atoms with E-state index in [1.165, 1.54) is 0 Å². The third-order valence-electron chi connectivity index (χ3n) is 5.39.